The molecule has 5 nitrogen and oxygen atoms in total. The van der Waals surface area contributed by atoms with Crippen LogP contribution in [0.25, 0.3) is 0 Å². The number of anilines is 1. The number of nitrogens with one attached hydrogen (secondary N) is 1. The number of carbonyl (C=O) groups excluding carboxylic acids is 2. The second-order valence-electron chi connectivity index (χ2n) is 6.38. The van der Waals surface area contributed by atoms with E-state index in [9.17, 15) is 9.59 Å². The molecule has 0 atom stereocenters. The Hall–Kier alpha value is -2.53. The lowest BCUT2D eigenvalue weighted by atomic mass is 10.1. The maximum absolute atomic E-state index is 12.3. The summed E-state index contributed by atoms with van der Waals surface area (Å²) in [4.78, 5) is 25.9. The van der Waals surface area contributed by atoms with Crippen LogP contribution < -0.4 is 10.1 Å². The van der Waals surface area contributed by atoms with Crippen LogP contribution >= 0.6 is 11.6 Å². The Balaban J connectivity index is 1.89. The van der Waals surface area contributed by atoms with Crippen LogP contribution in [0.2, 0.25) is 5.02 Å². The maximum atomic E-state index is 12.3. The van der Waals surface area contributed by atoms with Crippen molar-refractivity contribution in [2.75, 3.05) is 25.5 Å². The van der Waals surface area contributed by atoms with Crippen LogP contribution in [0.15, 0.2) is 42.5 Å². The third-order valence-electron chi connectivity index (χ3n) is 4.27. The van der Waals surface area contributed by atoms with E-state index >= 15 is 0 Å². The van der Waals surface area contributed by atoms with Crippen molar-refractivity contribution in [1.82, 2.24) is 4.90 Å². The quantitative estimate of drug-likeness (QED) is 0.741. The zero-order valence-corrected chi connectivity index (χ0v) is 16.7. The van der Waals surface area contributed by atoms with E-state index < -0.39 is 0 Å². The molecule has 0 aliphatic rings. The fourth-order valence-electron chi connectivity index (χ4n) is 2.71. The topological polar surface area (TPSA) is 58.6 Å². The molecule has 0 saturated carbocycles. The Morgan fingerprint density at radius 1 is 1.11 bits per heavy atom. The molecule has 2 aromatic rings. The number of halogens is 1. The van der Waals surface area contributed by atoms with Gasteiger partial charge in [0.25, 0.3) is 0 Å². The molecule has 144 valence electrons. The number of nitrogens with zero attached hydrogens (tertiary/aromatic N) is 1. The van der Waals surface area contributed by atoms with Crippen molar-refractivity contribution in [2.45, 2.75) is 26.7 Å². The van der Waals surface area contributed by atoms with Gasteiger partial charge in [-0.05, 0) is 48.7 Å². The SMILES string of the molecule is COc1ccc(C)cc1NC(=O)CCN(CCc1ccc(Cl)cc1)C(C)=O. The Morgan fingerprint density at radius 3 is 2.44 bits per heavy atom. The molecular formula is C21H25ClN2O3. The van der Waals surface area contributed by atoms with Gasteiger partial charge in [-0.25, -0.2) is 0 Å². The molecule has 0 heterocycles. The van der Waals surface area contributed by atoms with E-state index in [1.807, 2.05) is 49.4 Å². The third kappa shape index (κ3) is 6.61. The fraction of sp³-hybridized carbons (Fsp3) is 0.333. The minimum atomic E-state index is -0.156. The zero-order chi connectivity index (χ0) is 19.8. The molecule has 0 unspecified atom stereocenters. The van der Waals surface area contributed by atoms with E-state index in [1.165, 1.54) is 6.92 Å². The highest BCUT2D eigenvalue weighted by atomic mass is 35.5. The first-order chi connectivity index (χ1) is 12.9. The van der Waals surface area contributed by atoms with Crippen molar-refractivity contribution in [1.29, 1.82) is 0 Å². The van der Waals surface area contributed by atoms with E-state index in [4.69, 9.17) is 16.3 Å². The summed E-state index contributed by atoms with van der Waals surface area (Å²) in [5.74, 6) is 0.404. The number of benzene rings is 2. The van der Waals surface area contributed by atoms with Crippen LogP contribution in [0.5, 0.6) is 5.75 Å². The summed E-state index contributed by atoms with van der Waals surface area (Å²) in [6, 6.07) is 13.1. The van der Waals surface area contributed by atoms with Crippen molar-refractivity contribution in [3.8, 4) is 5.75 Å². The van der Waals surface area contributed by atoms with E-state index in [0.29, 0.717) is 36.0 Å². The molecule has 0 aromatic heterocycles. The van der Waals surface area contributed by atoms with Gasteiger partial charge in [-0.15, -0.1) is 0 Å². The first-order valence-corrected chi connectivity index (χ1v) is 9.21. The Labute approximate surface area is 165 Å². The van der Waals surface area contributed by atoms with Crippen LogP contribution in [0.1, 0.15) is 24.5 Å². The van der Waals surface area contributed by atoms with Gasteiger partial charge in [-0.1, -0.05) is 29.8 Å². The van der Waals surface area contributed by atoms with Crippen molar-refractivity contribution in [3.05, 3.63) is 58.6 Å². The number of methoxy groups -OCH3 is 1. The minimum Gasteiger partial charge on any atom is -0.495 e. The molecule has 0 aliphatic heterocycles. The lowest BCUT2D eigenvalue weighted by Crippen LogP contribution is -2.33. The first kappa shape index (κ1) is 20.8. The van der Waals surface area contributed by atoms with Gasteiger partial charge < -0.3 is 15.0 Å². The first-order valence-electron chi connectivity index (χ1n) is 8.83. The number of aryl methyl sites for hydroxylation is 1. The summed E-state index contributed by atoms with van der Waals surface area (Å²) in [6.45, 7) is 4.38. The summed E-state index contributed by atoms with van der Waals surface area (Å²) in [5, 5.41) is 3.55. The Kier molecular flexibility index (Phi) is 7.67. The molecule has 0 fully saturated rings. The van der Waals surface area contributed by atoms with Gasteiger partial charge in [0, 0.05) is 31.5 Å². The largest absolute Gasteiger partial charge is 0.495 e. The van der Waals surface area contributed by atoms with Gasteiger partial charge in [-0.3, -0.25) is 9.59 Å². The molecule has 6 heteroatoms. The third-order valence-corrected chi connectivity index (χ3v) is 4.52. The number of carbonyl (C=O) groups is 2. The maximum Gasteiger partial charge on any atom is 0.226 e. The Morgan fingerprint density at radius 2 is 1.81 bits per heavy atom. The van der Waals surface area contributed by atoms with E-state index in [1.54, 1.807) is 12.0 Å². The van der Waals surface area contributed by atoms with Crippen LogP contribution in [-0.4, -0.2) is 36.9 Å². The van der Waals surface area contributed by atoms with Gasteiger partial charge in [0.1, 0.15) is 5.75 Å². The van der Waals surface area contributed by atoms with Crippen molar-refractivity contribution in [3.63, 3.8) is 0 Å². The van der Waals surface area contributed by atoms with E-state index in [-0.39, 0.29) is 18.2 Å². The lowest BCUT2D eigenvalue weighted by Gasteiger charge is -2.21. The molecule has 0 aliphatic carbocycles. The van der Waals surface area contributed by atoms with Gasteiger partial charge in [0.05, 0.1) is 12.8 Å². The van der Waals surface area contributed by atoms with Gasteiger partial charge in [0.2, 0.25) is 11.8 Å². The Bertz CT molecular complexity index is 791. The average Bonchev–Trinajstić information content (AvgIpc) is 2.63. The molecule has 2 amide bonds. The molecule has 0 radical (unpaired) electrons. The highest BCUT2D eigenvalue weighted by molar-refractivity contribution is 6.30. The molecule has 0 saturated heterocycles. The molecule has 27 heavy (non-hydrogen) atoms. The second-order valence-corrected chi connectivity index (χ2v) is 6.82. The summed E-state index contributed by atoms with van der Waals surface area (Å²) in [7, 11) is 1.56. The molecule has 2 aromatic carbocycles. The van der Waals surface area contributed by atoms with Crippen LogP contribution in [0.3, 0.4) is 0 Å². The normalized spacial score (nSPS) is 10.4. The average molecular weight is 389 g/mol. The lowest BCUT2D eigenvalue weighted by molar-refractivity contribution is -0.129. The summed E-state index contributed by atoms with van der Waals surface area (Å²) in [5.41, 5.74) is 2.76. The summed E-state index contributed by atoms with van der Waals surface area (Å²) in [6.07, 6.45) is 0.932. The highest BCUT2D eigenvalue weighted by Gasteiger charge is 2.13. The number of hydrogen-bond donors (Lipinski definition) is 1. The van der Waals surface area contributed by atoms with Gasteiger partial charge >= 0.3 is 0 Å². The minimum absolute atomic E-state index is 0.0510. The van der Waals surface area contributed by atoms with Gasteiger partial charge in [-0.2, -0.15) is 0 Å². The predicted octanol–water partition coefficient (Wildman–Crippen LogP) is 4.08. The van der Waals surface area contributed by atoms with Crippen LogP contribution in [0, 0.1) is 6.92 Å². The molecule has 2 rings (SSSR count). The smallest absolute Gasteiger partial charge is 0.226 e. The molecular weight excluding hydrogens is 364 g/mol. The van der Waals surface area contributed by atoms with Crippen LogP contribution in [0.4, 0.5) is 5.69 Å². The fourth-order valence-corrected chi connectivity index (χ4v) is 2.84. The predicted molar refractivity (Wildman–Crippen MR) is 108 cm³/mol. The second kappa shape index (κ2) is 9.97. The monoisotopic (exact) mass is 388 g/mol. The van der Waals surface area contributed by atoms with Gasteiger partial charge in [0.15, 0.2) is 0 Å². The zero-order valence-electron chi connectivity index (χ0n) is 15.9. The van der Waals surface area contributed by atoms with E-state index in [2.05, 4.69) is 5.32 Å². The summed E-state index contributed by atoms with van der Waals surface area (Å²) < 4.78 is 5.27. The highest BCUT2D eigenvalue weighted by Crippen LogP contribution is 2.25. The number of rotatable bonds is 8. The van der Waals surface area contributed by atoms with Crippen LogP contribution in [-0.2, 0) is 16.0 Å². The number of hydrogen-bond acceptors (Lipinski definition) is 3. The van der Waals surface area contributed by atoms with Crippen molar-refractivity contribution in [2.24, 2.45) is 0 Å². The molecule has 1 N–H and O–H groups in total. The van der Waals surface area contributed by atoms with Crippen molar-refractivity contribution >= 4 is 29.1 Å². The molecule has 0 spiro atoms. The van der Waals surface area contributed by atoms with Crippen molar-refractivity contribution < 1.29 is 14.3 Å². The molecule has 0 bridgehead atoms. The standard InChI is InChI=1S/C21H25ClN2O3/c1-15-4-9-20(27-3)19(14-15)23-21(26)11-13-24(16(2)25)12-10-17-5-7-18(22)8-6-17/h4-9,14H,10-13H2,1-3H3,(H,23,26). The van der Waals surface area contributed by atoms with E-state index in [0.717, 1.165) is 11.1 Å². The number of ether oxygens (including phenoxy) is 1. The number of amides is 2. The summed E-state index contributed by atoms with van der Waals surface area (Å²) >= 11 is 5.89.